The third kappa shape index (κ3) is 5.52. The van der Waals surface area contributed by atoms with Crippen LogP contribution in [-0.2, 0) is 17.6 Å². The number of nitrogens with zero attached hydrogens (tertiary/aromatic N) is 3. The number of halogens is 2. The van der Waals surface area contributed by atoms with Crippen molar-refractivity contribution in [3.63, 3.8) is 0 Å². The van der Waals surface area contributed by atoms with E-state index in [1.54, 1.807) is 12.1 Å². The first-order chi connectivity index (χ1) is 14.9. The number of hydrogen-bond donors (Lipinski definition) is 2. The number of benzene rings is 2. The van der Waals surface area contributed by atoms with Crippen molar-refractivity contribution < 1.29 is 18.3 Å². The molecule has 7 nitrogen and oxygen atoms in total. The minimum Gasteiger partial charge on any atom is -0.435 e. The molecule has 1 amide bonds. The number of carbonyl (C=O) groups is 1. The second-order valence-electron chi connectivity index (χ2n) is 6.57. The zero-order chi connectivity index (χ0) is 22.4. The average molecular weight is 448 g/mol. The fraction of sp³-hybridized carbons (Fsp3) is 0.286. The van der Waals surface area contributed by atoms with Crippen LogP contribution in [0.4, 0.5) is 14.5 Å². The normalized spacial score (nSPS) is 11.0. The van der Waals surface area contributed by atoms with Gasteiger partial charge in [-0.1, -0.05) is 43.8 Å². The molecule has 3 rings (SSSR count). The highest BCUT2D eigenvalue weighted by Gasteiger charge is 2.16. The molecule has 3 aromatic rings. The summed E-state index contributed by atoms with van der Waals surface area (Å²) in [5.41, 5.74) is 3.61. The Morgan fingerprint density at radius 2 is 1.77 bits per heavy atom. The molecule has 0 saturated heterocycles. The molecule has 0 saturated carbocycles. The molecule has 3 N–H and O–H groups in total. The standard InChI is InChI=1S/C21H23F2N5O2S/c1-3-13-6-5-7-14(4-2)18(13)25-17(29)12-31-21-27-26-19(28(21)24)15-8-10-16(11-9-15)30-20(22)23/h5-11,20H,3-4,12,24H2,1-2H3,(H,25,29). The van der Waals surface area contributed by atoms with Gasteiger partial charge in [0.25, 0.3) is 0 Å². The van der Waals surface area contributed by atoms with E-state index >= 15 is 0 Å². The predicted molar refractivity (Wildman–Crippen MR) is 117 cm³/mol. The number of nitrogen functional groups attached to an aromatic ring is 1. The summed E-state index contributed by atoms with van der Waals surface area (Å²) in [6.07, 6.45) is 1.64. The van der Waals surface area contributed by atoms with Crippen LogP contribution < -0.4 is 15.9 Å². The van der Waals surface area contributed by atoms with Crippen LogP contribution in [0.5, 0.6) is 5.75 Å². The lowest BCUT2D eigenvalue weighted by atomic mass is 10.0. The molecule has 164 valence electrons. The minimum absolute atomic E-state index is 0.0342. The summed E-state index contributed by atoms with van der Waals surface area (Å²) < 4.78 is 30.2. The summed E-state index contributed by atoms with van der Waals surface area (Å²) in [7, 11) is 0. The minimum atomic E-state index is -2.89. The summed E-state index contributed by atoms with van der Waals surface area (Å²) in [6.45, 7) is 1.20. The molecule has 0 bridgehead atoms. The van der Waals surface area contributed by atoms with Gasteiger partial charge >= 0.3 is 6.61 Å². The number of nitrogens with one attached hydrogen (secondary N) is 1. The van der Waals surface area contributed by atoms with Crippen LogP contribution in [0.15, 0.2) is 47.6 Å². The van der Waals surface area contributed by atoms with E-state index in [1.807, 2.05) is 32.0 Å². The van der Waals surface area contributed by atoms with E-state index in [2.05, 4.69) is 20.3 Å². The highest BCUT2D eigenvalue weighted by Crippen LogP contribution is 2.26. The number of carbonyl (C=O) groups excluding carboxylic acids is 1. The van der Waals surface area contributed by atoms with Crippen LogP contribution in [0.25, 0.3) is 11.4 Å². The fourth-order valence-corrected chi connectivity index (χ4v) is 3.72. The number of para-hydroxylation sites is 1. The Balaban J connectivity index is 1.66. The monoisotopic (exact) mass is 447 g/mol. The molecule has 1 heterocycles. The lowest BCUT2D eigenvalue weighted by Crippen LogP contribution is -2.18. The van der Waals surface area contributed by atoms with Crippen molar-refractivity contribution in [3.8, 4) is 17.1 Å². The number of hydrogen-bond acceptors (Lipinski definition) is 6. The van der Waals surface area contributed by atoms with E-state index in [4.69, 9.17) is 5.84 Å². The zero-order valence-corrected chi connectivity index (χ0v) is 18.0. The third-order valence-electron chi connectivity index (χ3n) is 4.60. The molecule has 0 fully saturated rings. The number of aryl methyl sites for hydroxylation is 2. The van der Waals surface area contributed by atoms with E-state index in [0.29, 0.717) is 16.5 Å². The molecule has 2 aromatic carbocycles. The van der Waals surface area contributed by atoms with Crippen LogP contribution in [0.1, 0.15) is 25.0 Å². The van der Waals surface area contributed by atoms with Crippen molar-refractivity contribution >= 4 is 23.4 Å². The fourth-order valence-electron chi connectivity index (χ4n) is 3.07. The highest BCUT2D eigenvalue weighted by molar-refractivity contribution is 7.99. The number of anilines is 1. The van der Waals surface area contributed by atoms with Crippen molar-refractivity contribution in [3.05, 3.63) is 53.6 Å². The maximum atomic E-state index is 12.5. The Hall–Kier alpha value is -3.14. The summed E-state index contributed by atoms with van der Waals surface area (Å²) >= 11 is 1.16. The number of aromatic nitrogens is 3. The van der Waals surface area contributed by atoms with Crippen LogP contribution in [0.2, 0.25) is 0 Å². The molecule has 31 heavy (non-hydrogen) atoms. The van der Waals surface area contributed by atoms with Crippen LogP contribution >= 0.6 is 11.8 Å². The van der Waals surface area contributed by atoms with Gasteiger partial charge in [-0.25, -0.2) is 4.68 Å². The largest absolute Gasteiger partial charge is 0.435 e. The van der Waals surface area contributed by atoms with E-state index < -0.39 is 6.61 Å². The molecule has 0 aliphatic carbocycles. The summed E-state index contributed by atoms with van der Waals surface area (Å²) in [5.74, 6) is 6.39. The van der Waals surface area contributed by atoms with Crippen molar-refractivity contribution in [2.24, 2.45) is 0 Å². The smallest absolute Gasteiger partial charge is 0.387 e. The van der Waals surface area contributed by atoms with Gasteiger partial charge in [-0.15, -0.1) is 10.2 Å². The molecule has 0 radical (unpaired) electrons. The molecular weight excluding hydrogens is 424 g/mol. The average Bonchev–Trinajstić information content (AvgIpc) is 3.13. The van der Waals surface area contributed by atoms with Gasteiger partial charge in [-0.3, -0.25) is 4.79 Å². The summed E-state index contributed by atoms with van der Waals surface area (Å²) in [5, 5.41) is 11.4. The molecule has 0 unspecified atom stereocenters. The van der Waals surface area contributed by atoms with Crippen molar-refractivity contribution in [1.29, 1.82) is 0 Å². The van der Waals surface area contributed by atoms with Crippen LogP contribution in [0, 0.1) is 0 Å². The van der Waals surface area contributed by atoms with Gasteiger partial charge in [-0.05, 0) is 48.2 Å². The van der Waals surface area contributed by atoms with Gasteiger partial charge in [0, 0.05) is 11.3 Å². The van der Waals surface area contributed by atoms with Crippen LogP contribution in [-0.4, -0.2) is 33.1 Å². The number of ether oxygens (including phenoxy) is 1. The molecular formula is C21H23F2N5O2S. The summed E-state index contributed by atoms with van der Waals surface area (Å²) in [6, 6.07) is 11.9. The van der Waals surface area contributed by atoms with Gasteiger partial charge in [-0.2, -0.15) is 8.78 Å². The number of rotatable bonds is 9. The first kappa shape index (κ1) is 22.5. The lowest BCUT2D eigenvalue weighted by molar-refractivity contribution is -0.113. The van der Waals surface area contributed by atoms with Crippen molar-refractivity contribution in [2.45, 2.75) is 38.5 Å². The molecule has 1 aromatic heterocycles. The Labute approximate surface area is 183 Å². The number of alkyl halides is 2. The molecule has 0 spiro atoms. The van der Waals surface area contributed by atoms with Gasteiger partial charge < -0.3 is 15.9 Å². The third-order valence-corrected chi connectivity index (χ3v) is 5.54. The Morgan fingerprint density at radius 1 is 1.13 bits per heavy atom. The van der Waals surface area contributed by atoms with Crippen LogP contribution in [0.3, 0.4) is 0 Å². The number of nitrogens with two attached hydrogens (primary N) is 1. The SMILES string of the molecule is CCc1cccc(CC)c1NC(=O)CSc1nnc(-c2ccc(OC(F)F)cc2)n1N. The van der Waals surface area contributed by atoms with E-state index in [1.165, 1.54) is 16.8 Å². The second kappa shape index (κ2) is 10.3. The first-order valence-electron chi connectivity index (χ1n) is 9.72. The Morgan fingerprint density at radius 3 is 2.35 bits per heavy atom. The van der Waals surface area contributed by atoms with Gasteiger partial charge in [0.1, 0.15) is 5.75 Å². The molecule has 0 aliphatic rings. The lowest BCUT2D eigenvalue weighted by Gasteiger charge is -2.14. The van der Waals surface area contributed by atoms with Gasteiger partial charge in [0.05, 0.1) is 5.75 Å². The highest BCUT2D eigenvalue weighted by atomic mass is 32.2. The molecule has 0 aliphatic heterocycles. The predicted octanol–water partition coefficient (Wildman–Crippen LogP) is 4.12. The Bertz CT molecular complexity index is 1020. The van der Waals surface area contributed by atoms with Crippen molar-refractivity contribution in [1.82, 2.24) is 14.9 Å². The summed E-state index contributed by atoms with van der Waals surface area (Å²) in [4.78, 5) is 12.5. The number of amides is 1. The zero-order valence-electron chi connectivity index (χ0n) is 17.1. The molecule has 0 atom stereocenters. The van der Waals surface area contributed by atoms with Crippen molar-refractivity contribution in [2.75, 3.05) is 16.9 Å². The Kier molecular flexibility index (Phi) is 7.45. The van der Waals surface area contributed by atoms with E-state index in [9.17, 15) is 13.6 Å². The van der Waals surface area contributed by atoms with E-state index in [0.717, 1.165) is 41.4 Å². The topological polar surface area (TPSA) is 95.1 Å². The van der Waals surface area contributed by atoms with Gasteiger partial charge in [0.2, 0.25) is 11.1 Å². The molecule has 10 heteroatoms. The maximum absolute atomic E-state index is 12.5. The maximum Gasteiger partial charge on any atom is 0.387 e. The quantitative estimate of drug-likeness (QED) is 0.379. The first-order valence-corrected chi connectivity index (χ1v) is 10.7. The van der Waals surface area contributed by atoms with E-state index in [-0.39, 0.29) is 17.4 Å². The van der Waals surface area contributed by atoms with Gasteiger partial charge in [0.15, 0.2) is 5.82 Å². The number of thioether (sulfide) groups is 1. The second-order valence-corrected chi connectivity index (χ2v) is 7.52.